The molecule has 6 nitrogen and oxygen atoms in total. The Bertz CT molecular complexity index is 1280. The van der Waals surface area contributed by atoms with Gasteiger partial charge >= 0.3 is 0 Å². The average Bonchev–Trinajstić information content (AvgIpc) is 3.53. The summed E-state index contributed by atoms with van der Waals surface area (Å²) in [7, 11) is 0. The zero-order chi connectivity index (χ0) is 24.0. The first kappa shape index (κ1) is 22.9. The molecule has 35 heavy (non-hydrogen) atoms. The molecule has 2 amide bonds. The fourth-order valence-electron chi connectivity index (χ4n) is 4.31. The van der Waals surface area contributed by atoms with Gasteiger partial charge in [-0.3, -0.25) is 19.5 Å². The highest BCUT2D eigenvalue weighted by Crippen LogP contribution is 2.30. The number of hydrogen-bond acceptors (Lipinski definition) is 5. The van der Waals surface area contributed by atoms with Crippen LogP contribution in [0.3, 0.4) is 0 Å². The van der Waals surface area contributed by atoms with Crippen LogP contribution in [0, 0.1) is 5.92 Å². The predicted molar refractivity (Wildman–Crippen MR) is 138 cm³/mol. The highest BCUT2D eigenvalue weighted by Gasteiger charge is 2.37. The van der Waals surface area contributed by atoms with Gasteiger partial charge in [0, 0.05) is 36.7 Å². The molecule has 5 rings (SSSR count). The van der Waals surface area contributed by atoms with E-state index < -0.39 is 5.92 Å². The van der Waals surface area contributed by atoms with Crippen molar-refractivity contribution >= 4 is 28.3 Å². The van der Waals surface area contributed by atoms with Gasteiger partial charge in [0.25, 0.3) is 0 Å². The maximum atomic E-state index is 13.8. The van der Waals surface area contributed by atoms with Gasteiger partial charge in [-0.2, -0.15) is 0 Å². The van der Waals surface area contributed by atoms with Crippen LogP contribution in [-0.2, 0) is 22.6 Å². The average molecular weight is 483 g/mol. The molecule has 1 unspecified atom stereocenters. The van der Waals surface area contributed by atoms with E-state index in [2.05, 4.69) is 17.1 Å². The molecule has 0 aliphatic carbocycles. The molecule has 1 aliphatic heterocycles. The van der Waals surface area contributed by atoms with Crippen LogP contribution in [0.25, 0.3) is 11.3 Å². The van der Waals surface area contributed by atoms with E-state index in [1.165, 1.54) is 11.3 Å². The van der Waals surface area contributed by atoms with E-state index in [1.807, 2.05) is 72.1 Å². The van der Waals surface area contributed by atoms with Gasteiger partial charge in [0.1, 0.15) is 0 Å². The third-order valence-electron chi connectivity index (χ3n) is 6.17. The van der Waals surface area contributed by atoms with Crippen LogP contribution >= 0.6 is 11.3 Å². The SMILES string of the molecule is O=C1CC(C(=O)N(CCc2ccccc2)c2nc(-c3ccccc3)cs2)CN1Cc1ccccn1. The van der Waals surface area contributed by atoms with Crippen molar-refractivity contribution in [3.63, 3.8) is 0 Å². The zero-order valence-electron chi connectivity index (χ0n) is 19.3. The summed E-state index contributed by atoms with van der Waals surface area (Å²) in [5.74, 6) is -0.459. The zero-order valence-corrected chi connectivity index (χ0v) is 20.1. The van der Waals surface area contributed by atoms with Gasteiger partial charge in [0.15, 0.2) is 5.13 Å². The predicted octanol–water partition coefficient (Wildman–Crippen LogP) is 4.83. The third-order valence-corrected chi connectivity index (χ3v) is 7.03. The quantitative estimate of drug-likeness (QED) is 0.361. The lowest BCUT2D eigenvalue weighted by atomic mass is 10.1. The molecule has 1 atom stereocenters. The molecule has 1 fully saturated rings. The van der Waals surface area contributed by atoms with Crippen molar-refractivity contribution in [2.45, 2.75) is 19.4 Å². The Hall–Kier alpha value is -3.84. The van der Waals surface area contributed by atoms with Gasteiger partial charge in [0.05, 0.1) is 23.9 Å². The number of carbonyl (C=O) groups is 2. The van der Waals surface area contributed by atoms with Crippen molar-refractivity contribution in [1.82, 2.24) is 14.9 Å². The summed E-state index contributed by atoms with van der Waals surface area (Å²) >= 11 is 1.46. The number of thiazole rings is 1. The number of pyridine rings is 1. The second kappa shape index (κ2) is 10.6. The summed E-state index contributed by atoms with van der Waals surface area (Å²) in [5.41, 5.74) is 3.84. The standard InChI is InChI=1S/C28H26N4O2S/c33-26-17-23(18-31(26)19-24-13-7-8-15-29-24)27(34)32(16-14-21-9-3-1-4-10-21)28-30-25(20-35-28)22-11-5-2-6-12-22/h1-13,15,20,23H,14,16-19H2. The largest absolute Gasteiger partial charge is 0.336 e. The fraction of sp³-hybridized carbons (Fsp3) is 0.214. The van der Waals surface area contributed by atoms with Gasteiger partial charge in [-0.1, -0.05) is 66.7 Å². The number of rotatable bonds is 8. The second-order valence-corrected chi connectivity index (χ2v) is 9.44. The molecule has 2 aromatic heterocycles. The number of benzene rings is 2. The van der Waals surface area contributed by atoms with E-state index in [9.17, 15) is 9.59 Å². The summed E-state index contributed by atoms with van der Waals surface area (Å²) in [6, 6.07) is 25.7. The first-order valence-electron chi connectivity index (χ1n) is 11.7. The van der Waals surface area contributed by atoms with Crippen molar-refractivity contribution in [2.75, 3.05) is 18.0 Å². The van der Waals surface area contributed by atoms with Crippen molar-refractivity contribution in [2.24, 2.45) is 5.92 Å². The Morgan fingerprint density at radius 2 is 1.74 bits per heavy atom. The Morgan fingerprint density at radius 3 is 2.49 bits per heavy atom. The van der Waals surface area contributed by atoms with Crippen LogP contribution < -0.4 is 4.90 Å². The monoisotopic (exact) mass is 482 g/mol. The lowest BCUT2D eigenvalue weighted by Crippen LogP contribution is -2.39. The molecule has 7 heteroatoms. The summed E-state index contributed by atoms with van der Waals surface area (Å²) in [6.07, 6.45) is 2.65. The molecule has 2 aromatic carbocycles. The van der Waals surface area contributed by atoms with Gasteiger partial charge in [-0.15, -0.1) is 11.3 Å². The minimum atomic E-state index is -0.397. The van der Waals surface area contributed by atoms with Gasteiger partial charge in [0.2, 0.25) is 11.8 Å². The van der Waals surface area contributed by atoms with Crippen molar-refractivity contribution in [1.29, 1.82) is 0 Å². The molecule has 1 saturated heterocycles. The van der Waals surface area contributed by atoms with Crippen LogP contribution in [0.15, 0.2) is 90.4 Å². The molecule has 4 aromatic rings. The number of nitrogens with zero attached hydrogens (tertiary/aromatic N) is 4. The topological polar surface area (TPSA) is 66.4 Å². The smallest absolute Gasteiger partial charge is 0.234 e. The van der Waals surface area contributed by atoms with Crippen LogP contribution in [0.5, 0.6) is 0 Å². The Morgan fingerprint density at radius 1 is 1.00 bits per heavy atom. The molecule has 3 heterocycles. The Balaban J connectivity index is 1.35. The Kier molecular flexibility index (Phi) is 6.95. The van der Waals surface area contributed by atoms with E-state index in [0.29, 0.717) is 31.2 Å². The fourth-order valence-corrected chi connectivity index (χ4v) is 5.18. The maximum absolute atomic E-state index is 13.8. The number of anilines is 1. The lowest BCUT2D eigenvalue weighted by molar-refractivity contribution is -0.129. The van der Waals surface area contributed by atoms with Crippen LogP contribution in [0.4, 0.5) is 5.13 Å². The Labute approximate surface area is 208 Å². The molecule has 0 spiro atoms. The molecule has 176 valence electrons. The van der Waals surface area contributed by atoms with Crippen molar-refractivity contribution < 1.29 is 9.59 Å². The maximum Gasteiger partial charge on any atom is 0.234 e. The normalized spacial score (nSPS) is 15.4. The number of likely N-dealkylation sites (tertiary alicyclic amines) is 1. The van der Waals surface area contributed by atoms with Crippen LogP contribution in [-0.4, -0.2) is 39.8 Å². The molecule has 0 bridgehead atoms. The highest BCUT2D eigenvalue weighted by molar-refractivity contribution is 7.14. The third kappa shape index (κ3) is 5.46. The van der Waals surface area contributed by atoms with Crippen molar-refractivity contribution in [3.05, 3.63) is 102 Å². The van der Waals surface area contributed by atoms with Gasteiger partial charge < -0.3 is 4.90 Å². The first-order chi connectivity index (χ1) is 17.2. The molecular formula is C28H26N4O2S. The minimum Gasteiger partial charge on any atom is -0.336 e. The van der Waals surface area contributed by atoms with E-state index >= 15 is 0 Å². The van der Waals surface area contributed by atoms with Gasteiger partial charge in [-0.25, -0.2) is 4.98 Å². The van der Waals surface area contributed by atoms with E-state index in [0.717, 1.165) is 22.5 Å². The summed E-state index contributed by atoms with van der Waals surface area (Å²) in [4.78, 5) is 39.1. The molecular weight excluding hydrogens is 456 g/mol. The highest BCUT2D eigenvalue weighted by atomic mass is 32.1. The minimum absolute atomic E-state index is 0.0128. The van der Waals surface area contributed by atoms with Gasteiger partial charge in [-0.05, 0) is 24.1 Å². The molecule has 0 saturated carbocycles. The van der Waals surface area contributed by atoms with E-state index in [4.69, 9.17) is 4.98 Å². The number of hydrogen-bond donors (Lipinski definition) is 0. The number of aromatic nitrogens is 2. The summed E-state index contributed by atoms with van der Waals surface area (Å²) in [5, 5.41) is 2.65. The first-order valence-corrected chi connectivity index (χ1v) is 12.6. The summed E-state index contributed by atoms with van der Waals surface area (Å²) in [6.45, 7) is 1.32. The molecule has 1 aliphatic rings. The number of carbonyl (C=O) groups excluding carboxylic acids is 2. The molecule has 0 N–H and O–H groups in total. The van der Waals surface area contributed by atoms with Crippen LogP contribution in [0.1, 0.15) is 17.7 Å². The molecule has 0 radical (unpaired) electrons. The van der Waals surface area contributed by atoms with Crippen molar-refractivity contribution in [3.8, 4) is 11.3 Å². The second-order valence-electron chi connectivity index (χ2n) is 8.60. The van der Waals surface area contributed by atoms with E-state index in [-0.39, 0.29) is 18.2 Å². The lowest BCUT2D eigenvalue weighted by Gasteiger charge is -2.23. The van der Waals surface area contributed by atoms with Crippen LogP contribution in [0.2, 0.25) is 0 Å². The number of amides is 2. The summed E-state index contributed by atoms with van der Waals surface area (Å²) < 4.78 is 0. The van der Waals surface area contributed by atoms with E-state index in [1.54, 1.807) is 16.0 Å².